The highest BCUT2D eigenvalue weighted by Gasteiger charge is 2.48. The summed E-state index contributed by atoms with van der Waals surface area (Å²) in [6.07, 6.45) is 3.89. The van der Waals surface area contributed by atoms with Crippen LogP contribution in [0, 0.1) is 0 Å². The third-order valence-electron chi connectivity index (χ3n) is 7.37. The van der Waals surface area contributed by atoms with Crippen LogP contribution in [0.2, 0.25) is 5.02 Å². The summed E-state index contributed by atoms with van der Waals surface area (Å²) in [5.41, 5.74) is 2.73. The number of nitrogens with zero attached hydrogens (tertiary/aromatic N) is 2. The summed E-state index contributed by atoms with van der Waals surface area (Å²) in [5, 5.41) is 12.5. The molecule has 210 valence electrons. The first-order valence-corrected chi connectivity index (χ1v) is 14.9. The highest BCUT2D eigenvalue weighted by atomic mass is 35.5. The molecule has 2 aliphatic heterocycles. The van der Waals surface area contributed by atoms with Gasteiger partial charge in [-0.3, -0.25) is 14.5 Å². The molecule has 6 rings (SSSR count). The number of hydrogen-bond donors (Lipinski definition) is 1. The summed E-state index contributed by atoms with van der Waals surface area (Å²) < 4.78 is 12.5. The maximum absolute atomic E-state index is 13.6. The van der Waals surface area contributed by atoms with E-state index in [1.54, 1.807) is 30.3 Å². The van der Waals surface area contributed by atoms with Crippen molar-refractivity contribution in [3.8, 4) is 11.5 Å². The maximum Gasteiger partial charge on any atom is 0.301 e. The molecule has 1 fully saturated rings. The van der Waals surface area contributed by atoms with Gasteiger partial charge in [-0.25, -0.2) is 4.98 Å². The zero-order chi connectivity index (χ0) is 28.7. The molecular weight excluding hydrogens is 560 g/mol. The second-order valence-electron chi connectivity index (χ2n) is 10.4. The number of aliphatic hydroxyl groups is 1. The van der Waals surface area contributed by atoms with Crippen LogP contribution in [0.25, 0.3) is 16.0 Å². The lowest BCUT2D eigenvalue weighted by atomic mass is 9.94. The monoisotopic (exact) mass is 588 g/mol. The van der Waals surface area contributed by atoms with Crippen molar-refractivity contribution < 1.29 is 24.2 Å². The lowest BCUT2D eigenvalue weighted by Crippen LogP contribution is -2.29. The molecule has 4 aromatic rings. The van der Waals surface area contributed by atoms with Crippen LogP contribution in [-0.4, -0.2) is 34.5 Å². The number of hydrogen-bond acceptors (Lipinski definition) is 7. The lowest BCUT2D eigenvalue weighted by Gasteiger charge is -2.23. The number of carbonyl (C=O) groups is 2. The van der Waals surface area contributed by atoms with Crippen molar-refractivity contribution in [3.05, 3.63) is 87.9 Å². The molecular formula is C32H29ClN2O5S. The van der Waals surface area contributed by atoms with Gasteiger partial charge >= 0.3 is 5.91 Å². The predicted molar refractivity (Wildman–Crippen MR) is 161 cm³/mol. The quantitative estimate of drug-likeness (QED) is 0.0994. The fourth-order valence-electron chi connectivity index (χ4n) is 5.35. The van der Waals surface area contributed by atoms with E-state index in [1.165, 1.54) is 16.2 Å². The number of ketones is 1. The number of Topliss-reactive ketones (excluding diaryl/α,β-unsaturated/α-hetero) is 1. The molecule has 9 heteroatoms. The standard InChI is InChI=1S/C32H29ClN2O5S/c1-3-4-5-14-39-23-10-6-19(7-11-23)28-27(29(36)20-8-13-25-21(16-20)15-18(2)40-25)30(37)31(38)35(28)32-34-24-12-9-22(33)17-26(24)41-32/h6-13,16-18,28,36H,3-5,14-15H2,1-2H3/b29-27-. The SMILES string of the molecule is CCCCCOc1ccc(C2/C(=C(/O)c3ccc4c(c3)CC(C)O4)C(=O)C(=O)N2c2nc3ccc(Cl)cc3s2)cc1. The van der Waals surface area contributed by atoms with Gasteiger partial charge < -0.3 is 14.6 Å². The molecule has 3 heterocycles. The van der Waals surface area contributed by atoms with Crippen LogP contribution in [0.3, 0.4) is 0 Å². The summed E-state index contributed by atoms with van der Waals surface area (Å²) >= 11 is 7.47. The average Bonchev–Trinajstić information content (AvgIpc) is 3.63. The molecule has 1 N–H and O–H groups in total. The molecule has 1 aromatic heterocycles. The molecule has 0 saturated carbocycles. The Labute approximate surface area is 247 Å². The van der Waals surface area contributed by atoms with Gasteiger partial charge in [-0.1, -0.05) is 54.8 Å². The zero-order valence-corrected chi connectivity index (χ0v) is 24.3. The van der Waals surface area contributed by atoms with E-state index >= 15 is 0 Å². The first-order chi connectivity index (χ1) is 19.8. The molecule has 41 heavy (non-hydrogen) atoms. The van der Waals surface area contributed by atoms with Crippen molar-refractivity contribution in [3.63, 3.8) is 0 Å². The van der Waals surface area contributed by atoms with Crippen molar-refractivity contribution >= 4 is 55.7 Å². The Morgan fingerprint density at radius 2 is 1.93 bits per heavy atom. The molecule has 0 aliphatic carbocycles. The van der Waals surface area contributed by atoms with E-state index in [-0.39, 0.29) is 17.4 Å². The minimum atomic E-state index is -0.886. The summed E-state index contributed by atoms with van der Waals surface area (Å²) in [5.74, 6) is -0.297. The second-order valence-corrected chi connectivity index (χ2v) is 11.8. The lowest BCUT2D eigenvalue weighted by molar-refractivity contribution is -0.132. The van der Waals surface area contributed by atoms with Gasteiger partial charge in [0.15, 0.2) is 5.13 Å². The van der Waals surface area contributed by atoms with Crippen LogP contribution in [-0.2, 0) is 16.0 Å². The van der Waals surface area contributed by atoms with E-state index in [1.807, 2.05) is 37.3 Å². The number of amides is 1. The molecule has 3 aromatic carbocycles. The van der Waals surface area contributed by atoms with Crippen molar-refractivity contribution in [1.82, 2.24) is 4.98 Å². The molecule has 0 spiro atoms. The highest BCUT2D eigenvalue weighted by Crippen LogP contribution is 2.45. The Balaban J connectivity index is 1.44. The van der Waals surface area contributed by atoms with Crippen molar-refractivity contribution in [1.29, 1.82) is 0 Å². The third kappa shape index (κ3) is 5.18. The molecule has 0 bridgehead atoms. The number of thiazole rings is 1. The molecule has 2 atom stereocenters. The Morgan fingerprint density at radius 1 is 1.12 bits per heavy atom. The Morgan fingerprint density at radius 3 is 2.71 bits per heavy atom. The normalized spacial score (nSPS) is 19.5. The zero-order valence-electron chi connectivity index (χ0n) is 22.7. The average molecular weight is 589 g/mol. The number of rotatable bonds is 8. The Hall–Kier alpha value is -3.88. The summed E-state index contributed by atoms with van der Waals surface area (Å²) in [6, 6.07) is 17.0. The van der Waals surface area contributed by atoms with Crippen LogP contribution in [0.1, 0.15) is 55.8 Å². The van der Waals surface area contributed by atoms with Crippen LogP contribution < -0.4 is 14.4 Å². The highest BCUT2D eigenvalue weighted by molar-refractivity contribution is 7.22. The number of benzene rings is 3. The first-order valence-electron chi connectivity index (χ1n) is 13.7. The van der Waals surface area contributed by atoms with Gasteiger partial charge in [0.05, 0.1) is 28.4 Å². The number of ether oxygens (including phenoxy) is 2. The van der Waals surface area contributed by atoms with Crippen LogP contribution in [0.15, 0.2) is 66.2 Å². The smallest absolute Gasteiger partial charge is 0.301 e. The van der Waals surface area contributed by atoms with E-state index < -0.39 is 17.7 Å². The summed E-state index contributed by atoms with van der Waals surface area (Å²) in [7, 11) is 0. The van der Waals surface area contributed by atoms with Gasteiger partial charge in [0.25, 0.3) is 5.78 Å². The van der Waals surface area contributed by atoms with Gasteiger partial charge in [0, 0.05) is 17.0 Å². The molecule has 1 saturated heterocycles. The fourth-order valence-corrected chi connectivity index (χ4v) is 6.62. The first kappa shape index (κ1) is 27.3. The topological polar surface area (TPSA) is 89.0 Å². The number of aliphatic hydroxyl groups excluding tert-OH is 1. The van der Waals surface area contributed by atoms with E-state index in [0.29, 0.717) is 45.6 Å². The van der Waals surface area contributed by atoms with Gasteiger partial charge in [-0.05, 0) is 73.0 Å². The molecule has 0 radical (unpaired) electrons. The van der Waals surface area contributed by atoms with E-state index in [4.69, 9.17) is 21.1 Å². The molecule has 2 aliphatic rings. The number of fused-ring (bicyclic) bond motifs is 2. The van der Waals surface area contributed by atoms with E-state index in [2.05, 4.69) is 11.9 Å². The number of anilines is 1. The minimum absolute atomic E-state index is 0.0100. The Bertz CT molecular complexity index is 1680. The van der Waals surface area contributed by atoms with E-state index in [0.717, 1.165) is 35.3 Å². The number of unbranched alkanes of at least 4 members (excludes halogenated alkanes) is 2. The van der Waals surface area contributed by atoms with E-state index in [9.17, 15) is 14.7 Å². The molecule has 1 amide bonds. The fraction of sp³-hybridized carbons (Fsp3) is 0.281. The number of carbonyl (C=O) groups excluding carboxylic acids is 2. The third-order valence-corrected chi connectivity index (χ3v) is 8.62. The number of aromatic nitrogens is 1. The van der Waals surface area contributed by atoms with Gasteiger partial charge in [-0.15, -0.1) is 0 Å². The maximum atomic E-state index is 13.6. The van der Waals surface area contributed by atoms with Crippen molar-refractivity contribution in [2.45, 2.75) is 51.7 Å². The number of halogens is 1. The van der Waals surface area contributed by atoms with Crippen LogP contribution in [0.5, 0.6) is 11.5 Å². The summed E-state index contributed by atoms with van der Waals surface area (Å²) in [6.45, 7) is 4.73. The van der Waals surface area contributed by atoms with Gasteiger partial charge in [0.1, 0.15) is 23.4 Å². The van der Waals surface area contributed by atoms with Crippen molar-refractivity contribution in [2.75, 3.05) is 11.5 Å². The predicted octanol–water partition coefficient (Wildman–Crippen LogP) is 7.47. The largest absolute Gasteiger partial charge is 0.507 e. The van der Waals surface area contributed by atoms with Crippen LogP contribution in [0.4, 0.5) is 5.13 Å². The Kier molecular flexibility index (Phi) is 7.45. The van der Waals surface area contributed by atoms with Gasteiger partial charge in [0.2, 0.25) is 0 Å². The molecule has 7 nitrogen and oxygen atoms in total. The second kappa shape index (κ2) is 11.2. The van der Waals surface area contributed by atoms with Gasteiger partial charge in [-0.2, -0.15) is 0 Å². The van der Waals surface area contributed by atoms with Crippen molar-refractivity contribution in [2.24, 2.45) is 0 Å². The minimum Gasteiger partial charge on any atom is -0.507 e. The summed E-state index contributed by atoms with van der Waals surface area (Å²) in [4.78, 5) is 33.3. The molecule has 2 unspecified atom stereocenters. The van der Waals surface area contributed by atoms with Crippen LogP contribution >= 0.6 is 22.9 Å².